The first kappa shape index (κ1) is 18.4. The van der Waals surface area contributed by atoms with E-state index < -0.39 is 0 Å². The number of hydrogen-bond acceptors (Lipinski definition) is 2. The van der Waals surface area contributed by atoms with Crippen molar-refractivity contribution in [1.29, 1.82) is 0 Å². The van der Waals surface area contributed by atoms with Gasteiger partial charge >= 0.3 is 0 Å². The molecule has 6 aliphatic rings. The highest BCUT2D eigenvalue weighted by Gasteiger charge is 2.80. The first-order valence-electron chi connectivity index (χ1n) is 12.2. The van der Waals surface area contributed by atoms with Crippen LogP contribution in [0.25, 0.3) is 0 Å². The van der Waals surface area contributed by atoms with E-state index in [4.69, 9.17) is 4.74 Å². The molecule has 2 nitrogen and oxygen atoms in total. The van der Waals surface area contributed by atoms with E-state index in [0.29, 0.717) is 28.5 Å². The summed E-state index contributed by atoms with van der Waals surface area (Å²) in [7, 11) is 0. The zero-order valence-corrected chi connectivity index (χ0v) is 18.3. The van der Waals surface area contributed by atoms with Crippen molar-refractivity contribution in [2.45, 2.75) is 103 Å². The summed E-state index contributed by atoms with van der Waals surface area (Å²) in [6.45, 7) is 11.4. The zero-order chi connectivity index (χ0) is 19.5. The molecule has 0 aromatic carbocycles. The molecule has 2 spiro atoms. The lowest BCUT2D eigenvalue weighted by Gasteiger charge is -2.59. The van der Waals surface area contributed by atoms with Gasteiger partial charge in [-0.2, -0.15) is 0 Å². The first-order chi connectivity index (χ1) is 13.3. The van der Waals surface area contributed by atoms with Crippen molar-refractivity contribution in [3.8, 4) is 0 Å². The zero-order valence-electron chi connectivity index (χ0n) is 18.3. The second kappa shape index (κ2) is 5.47. The molecule has 0 aromatic rings. The molecule has 0 bridgehead atoms. The van der Waals surface area contributed by atoms with Crippen LogP contribution in [0.4, 0.5) is 0 Å². The maximum Gasteiger partial charge on any atom is 0.0757 e. The van der Waals surface area contributed by atoms with E-state index in [1.807, 2.05) is 6.08 Å². The maximum absolute atomic E-state index is 10.8. The molecule has 6 fully saturated rings. The molecular weight excluding hydrogens is 344 g/mol. The molecule has 6 rings (SSSR count). The average Bonchev–Trinajstić information content (AvgIpc) is 3.25. The molecule has 5 aliphatic carbocycles. The predicted molar refractivity (Wildman–Crippen MR) is 112 cm³/mol. The van der Waals surface area contributed by atoms with Crippen molar-refractivity contribution in [1.82, 2.24) is 0 Å². The number of ether oxygens (including phenoxy) is 1. The van der Waals surface area contributed by atoms with E-state index >= 15 is 0 Å². The maximum atomic E-state index is 10.8. The Kier molecular flexibility index (Phi) is 3.60. The molecule has 10 atom stereocenters. The molecule has 1 N–H and O–H groups in total. The van der Waals surface area contributed by atoms with Gasteiger partial charge in [-0.3, -0.25) is 0 Å². The van der Waals surface area contributed by atoms with Crippen LogP contribution in [0.5, 0.6) is 0 Å². The van der Waals surface area contributed by atoms with Gasteiger partial charge in [0.25, 0.3) is 0 Å². The Morgan fingerprint density at radius 2 is 1.68 bits per heavy atom. The van der Waals surface area contributed by atoms with Crippen LogP contribution in [0.1, 0.15) is 85.0 Å². The lowest BCUT2D eigenvalue weighted by Crippen LogP contribution is -2.54. The van der Waals surface area contributed by atoms with Crippen LogP contribution in [-0.2, 0) is 4.74 Å². The summed E-state index contributed by atoms with van der Waals surface area (Å²) in [5, 5.41) is 10.8. The van der Waals surface area contributed by atoms with Gasteiger partial charge in [0.1, 0.15) is 0 Å². The van der Waals surface area contributed by atoms with E-state index in [-0.39, 0.29) is 11.5 Å². The molecule has 156 valence electrons. The monoisotopic (exact) mass is 384 g/mol. The highest BCUT2D eigenvalue weighted by Crippen LogP contribution is 2.87. The SMILES string of the molecule is C=CC1CCC2C(CC3C4CCC5C(C)(C)[C@@H](O)CCC56CC46CCC23C)O1. The van der Waals surface area contributed by atoms with Crippen LogP contribution in [0, 0.1) is 45.3 Å². The third-order valence-electron chi connectivity index (χ3n) is 11.9. The summed E-state index contributed by atoms with van der Waals surface area (Å²) in [5.41, 5.74) is 1.80. The summed E-state index contributed by atoms with van der Waals surface area (Å²) in [6, 6.07) is 0. The van der Waals surface area contributed by atoms with Crippen LogP contribution in [-0.4, -0.2) is 23.4 Å². The van der Waals surface area contributed by atoms with E-state index in [9.17, 15) is 5.11 Å². The molecule has 1 saturated heterocycles. The second-order valence-corrected chi connectivity index (χ2v) is 12.6. The molecule has 9 unspecified atom stereocenters. The highest BCUT2D eigenvalue weighted by atomic mass is 16.5. The average molecular weight is 385 g/mol. The lowest BCUT2D eigenvalue weighted by atomic mass is 9.46. The smallest absolute Gasteiger partial charge is 0.0757 e. The minimum absolute atomic E-state index is 0.0928. The Bertz CT molecular complexity index is 699. The number of aliphatic hydroxyl groups is 1. The second-order valence-electron chi connectivity index (χ2n) is 12.6. The van der Waals surface area contributed by atoms with Crippen LogP contribution in [0.15, 0.2) is 12.7 Å². The Balaban J connectivity index is 1.33. The van der Waals surface area contributed by atoms with Gasteiger partial charge in [0, 0.05) is 0 Å². The van der Waals surface area contributed by atoms with Gasteiger partial charge in [-0.15, -0.1) is 6.58 Å². The van der Waals surface area contributed by atoms with Crippen LogP contribution < -0.4 is 0 Å². The van der Waals surface area contributed by atoms with Crippen LogP contribution in [0.3, 0.4) is 0 Å². The fourth-order valence-electron chi connectivity index (χ4n) is 10.4. The van der Waals surface area contributed by atoms with Crippen molar-refractivity contribution in [2.24, 2.45) is 45.3 Å². The molecule has 5 saturated carbocycles. The standard InChI is InChI=1S/C26H40O2/c1-5-16-6-7-18-20(28-16)14-19-17-8-9-21-23(2,3)22(27)10-11-26(21)15-25(17,26)13-12-24(18,19)4/h5,16-22,27H,1,6-15H2,2-4H3/t16?,17?,18?,19?,20?,21?,22-,24?,25?,26?/m0/s1. The van der Waals surface area contributed by atoms with Crippen molar-refractivity contribution >= 4 is 0 Å². The minimum Gasteiger partial charge on any atom is -0.393 e. The van der Waals surface area contributed by atoms with Gasteiger partial charge in [-0.25, -0.2) is 0 Å². The summed E-state index contributed by atoms with van der Waals surface area (Å²) in [6.07, 6.45) is 16.0. The van der Waals surface area contributed by atoms with Gasteiger partial charge in [-0.05, 0) is 110 Å². The summed E-state index contributed by atoms with van der Waals surface area (Å²) in [4.78, 5) is 0. The van der Waals surface area contributed by atoms with Crippen molar-refractivity contribution in [3.05, 3.63) is 12.7 Å². The molecule has 0 aromatic heterocycles. The van der Waals surface area contributed by atoms with E-state index in [0.717, 1.165) is 30.1 Å². The third kappa shape index (κ3) is 1.94. The third-order valence-corrected chi connectivity index (χ3v) is 11.9. The van der Waals surface area contributed by atoms with Gasteiger partial charge in [0.15, 0.2) is 0 Å². The summed E-state index contributed by atoms with van der Waals surface area (Å²) >= 11 is 0. The lowest BCUT2D eigenvalue weighted by molar-refractivity contribution is -0.134. The summed E-state index contributed by atoms with van der Waals surface area (Å²) in [5.74, 6) is 3.32. The Hall–Kier alpha value is -0.340. The van der Waals surface area contributed by atoms with Gasteiger partial charge in [0.2, 0.25) is 0 Å². The molecule has 0 amide bonds. The molecule has 28 heavy (non-hydrogen) atoms. The number of aliphatic hydroxyl groups excluding tert-OH is 1. The van der Waals surface area contributed by atoms with Gasteiger partial charge < -0.3 is 9.84 Å². The first-order valence-corrected chi connectivity index (χ1v) is 12.2. The predicted octanol–water partition coefficient (Wildman–Crippen LogP) is 5.74. The largest absolute Gasteiger partial charge is 0.393 e. The fraction of sp³-hybridized carbons (Fsp3) is 0.923. The molecule has 0 radical (unpaired) electrons. The molecule has 1 heterocycles. The highest BCUT2D eigenvalue weighted by molar-refractivity contribution is 5.29. The number of rotatable bonds is 1. The number of fused-ring (bicyclic) bond motifs is 4. The normalized spacial score (nSPS) is 61.2. The van der Waals surface area contributed by atoms with Crippen molar-refractivity contribution < 1.29 is 9.84 Å². The van der Waals surface area contributed by atoms with Gasteiger partial charge in [-0.1, -0.05) is 26.8 Å². The Labute approximate surface area is 171 Å². The van der Waals surface area contributed by atoms with E-state index in [2.05, 4.69) is 27.4 Å². The van der Waals surface area contributed by atoms with E-state index in [1.165, 1.54) is 57.8 Å². The molecule has 2 heteroatoms. The van der Waals surface area contributed by atoms with Crippen molar-refractivity contribution in [3.63, 3.8) is 0 Å². The number of hydrogen-bond donors (Lipinski definition) is 1. The summed E-state index contributed by atoms with van der Waals surface area (Å²) < 4.78 is 6.54. The van der Waals surface area contributed by atoms with E-state index in [1.54, 1.807) is 0 Å². The van der Waals surface area contributed by atoms with Crippen molar-refractivity contribution in [2.75, 3.05) is 0 Å². The van der Waals surface area contributed by atoms with Crippen LogP contribution in [0.2, 0.25) is 0 Å². The topological polar surface area (TPSA) is 29.5 Å². The van der Waals surface area contributed by atoms with Gasteiger partial charge in [0.05, 0.1) is 18.3 Å². The Morgan fingerprint density at radius 3 is 2.46 bits per heavy atom. The van der Waals surface area contributed by atoms with Crippen LogP contribution >= 0.6 is 0 Å². The fourth-order valence-corrected chi connectivity index (χ4v) is 10.4. The Morgan fingerprint density at radius 1 is 0.893 bits per heavy atom. The molecule has 1 aliphatic heterocycles. The minimum atomic E-state index is -0.0928. The quantitative estimate of drug-likeness (QED) is 0.584. The molecular formula is C26H40O2.